The van der Waals surface area contributed by atoms with E-state index in [9.17, 15) is 0 Å². The van der Waals surface area contributed by atoms with Crippen LogP contribution < -0.4 is 0 Å². The van der Waals surface area contributed by atoms with Gasteiger partial charge in [-0.25, -0.2) is 4.98 Å². The Balaban J connectivity index is 1.93. The zero-order valence-corrected chi connectivity index (χ0v) is 15.9. The number of aryl methyl sites for hydroxylation is 2. The van der Waals surface area contributed by atoms with E-state index < -0.39 is 0 Å². The van der Waals surface area contributed by atoms with Gasteiger partial charge in [-0.15, -0.1) is 11.8 Å². The lowest BCUT2D eigenvalue weighted by molar-refractivity contribution is 0.681. The van der Waals surface area contributed by atoms with Crippen molar-refractivity contribution in [3.05, 3.63) is 81.9 Å². The third kappa shape index (κ3) is 4.15. The van der Waals surface area contributed by atoms with Gasteiger partial charge >= 0.3 is 0 Å². The Labute approximate surface area is 156 Å². The van der Waals surface area contributed by atoms with E-state index in [0.29, 0.717) is 10.0 Å². The molecule has 2 aromatic carbocycles. The number of aromatic nitrogens is 2. The zero-order valence-electron chi connectivity index (χ0n) is 13.5. The van der Waals surface area contributed by atoms with Crippen molar-refractivity contribution in [2.45, 2.75) is 30.5 Å². The molecule has 0 fully saturated rings. The van der Waals surface area contributed by atoms with Gasteiger partial charge in [0.25, 0.3) is 0 Å². The molecule has 2 nitrogen and oxygen atoms in total. The predicted octanol–water partition coefficient (Wildman–Crippen LogP) is 6.34. The van der Waals surface area contributed by atoms with Crippen LogP contribution in [0.15, 0.2) is 60.0 Å². The minimum absolute atomic E-state index is 0.261. The molecule has 0 aliphatic rings. The molecule has 1 aromatic heterocycles. The molecular formula is C19H18Cl2N2S. The van der Waals surface area contributed by atoms with Gasteiger partial charge in [0.15, 0.2) is 0 Å². The highest BCUT2D eigenvalue weighted by Gasteiger charge is 2.17. The van der Waals surface area contributed by atoms with Gasteiger partial charge in [-0.2, -0.15) is 0 Å². The number of hydrogen-bond acceptors (Lipinski definition) is 2. The highest BCUT2D eigenvalue weighted by atomic mass is 35.5. The largest absolute Gasteiger partial charge is 0.336 e. The molecule has 0 saturated carbocycles. The molecule has 0 aliphatic heterocycles. The Morgan fingerprint density at radius 3 is 2.58 bits per heavy atom. The van der Waals surface area contributed by atoms with Crippen LogP contribution in [0.5, 0.6) is 0 Å². The average Bonchev–Trinajstić information content (AvgIpc) is 3.03. The van der Waals surface area contributed by atoms with Gasteiger partial charge < -0.3 is 4.57 Å². The smallest absolute Gasteiger partial charge is 0.0946 e. The molecule has 1 atom stereocenters. The first-order valence-electron chi connectivity index (χ1n) is 7.67. The Morgan fingerprint density at radius 1 is 1.08 bits per heavy atom. The van der Waals surface area contributed by atoms with E-state index in [4.69, 9.17) is 23.2 Å². The van der Waals surface area contributed by atoms with Crippen molar-refractivity contribution in [3.8, 4) is 0 Å². The zero-order chi connectivity index (χ0) is 17.1. The van der Waals surface area contributed by atoms with Crippen molar-refractivity contribution in [1.82, 2.24) is 9.55 Å². The fourth-order valence-corrected chi connectivity index (χ4v) is 4.35. The minimum atomic E-state index is 0.261. The lowest BCUT2D eigenvalue weighted by atomic mass is 10.0. The van der Waals surface area contributed by atoms with Gasteiger partial charge in [0.1, 0.15) is 0 Å². The number of halogens is 2. The second kappa shape index (κ2) is 7.64. The summed E-state index contributed by atoms with van der Waals surface area (Å²) < 4.78 is 2.11. The van der Waals surface area contributed by atoms with Crippen LogP contribution in [0, 0.1) is 13.8 Å². The van der Waals surface area contributed by atoms with Crippen LogP contribution in [-0.4, -0.2) is 9.55 Å². The first-order chi connectivity index (χ1) is 11.5. The van der Waals surface area contributed by atoms with E-state index in [0.717, 1.165) is 11.4 Å². The van der Waals surface area contributed by atoms with E-state index in [1.807, 2.05) is 36.9 Å². The summed E-state index contributed by atoms with van der Waals surface area (Å²) in [6.45, 7) is 5.13. The fraction of sp³-hybridized carbons (Fsp3) is 0.211. The van der Waals surface area contributed by atoms with Crippen molar-refractivity contribution >= 4 is 35.0 Å². The maximum absolute atomic E-state index is 6.18. The summed E-state index contributed by atoms with van der Waals surface area (Å²) in [6.07, 6.45) is 5.65. The summed E-state index contributed by atoms with van der Waals surface area (Å²) in [4.78, 5) is 5.26. The van der Waals surface area contributed by atoms with Gasteiger partial charge in [-0.05, 0) is 43.2 Å². The van der Waals surface area contributed by atoms with Gasteiger partial charge in [0.05, 0.1) is 21.6 Å². The van der Waals surface area contributed by atoms with Gasteiger partial charge in [-0.1, -0.05) is 47.0 Å². The fourth-order valence-electron chi connectivity index (χ4n) is 2.69. The Bertz CT molecular complexity index is 831. The van der Waals surface area contributed by atoms with E-state index >= 15 is 0 Å². The molecule has 1 heterocycles. The Hall–Kier alpha value is -1.42. The molecule has 0 radical (unpaired) electrons. The number of nitrogens with zero attached hydrogens (tertiary/aromatic N) is 2. The molecule has 5 heteroatoms. The van der Waals surface area contributed by atoms with Crippen LogP contribution in [0.25, 0.3) is 0 Å². The van der Waals surface area contributed by atoms with E-state index in [1.165, 1.54) is 16.7 Å². The lowest BCUT2D eigenvalue weighted by Crippen LogP contribution is -2.06. The molecule has 0 N–H and O–H groups in total. The van der Waals surface area contributed by atoms with Crippen LogP contribution in [-0.2, 0) is 6.54 Å². The maximum Gasteiger partial charge on any atom is 0.0946 e. The molecule has 24 heavy (non-hydrogen) atoms. The summed E-state index contributed by atoms with van der Waals surface area (Å²) in [5.74, 6) is 0. The predicted molar refractivity (Wildman–Crippen MR) is 103 cm³/mol. The highest BCUT2D eigenvalue weighted by Crippen LogP contribution is 2.40. The van der Waals surface area contributed by atoms with E-state index in [2.05, 4.69) is 41.6 Å². The van der Waals surface area contributed by atoms with Crippen LogP contribution in [0.3, 0.4) is 0 Å². The van der Waals surface area contributed by atoms with Crippen molar-refractivity contribution in [1.29, 1.82) is 0 Å². The topological polar surface area (TPSA) is 17.8 Å². The summed E-state index contributed by atoms with van der Waals surface area (Å²) in [6, 6.07) is 12.4. The molecule has 0 bridgehead atoms. The third-order valence-corrected chi connectivity index (χ3v) is 5.83. The molecule has 1 unspecified atom stereocenters. The van der Waals surface area contributed by atoms with Crippen molar-refractivity contribution < 1.29 is 0 Å². The molecule has 3 aromatic rings. The van der Waals surface area contributed by atoms with E-state index in [1.54, 1.807) is 11.8 Å². The van der Waals surface area contributed by atoms with Crippen LogP contribution in [0.4, 0.5) is 0 Å². The second-order valence-electron chi connectivity index (χ2n) is 5.80. The number of imidazole rings is 1. The first kappa shape index (κ1) is 17.4. The Morgan fingerprint density at radius 2 is 1.92 bits per heavy atom. The molecule has 0 aliphatic carbocycles. The maximum atomic E-state index is 6.18. The molecular weight excluding hydrogens is 359 g/mol. The Kier molecular flexibility index (Phi) is 5.54. The second-order valence-corrected chi connectivity index (χ2v) is 7.89. The highest BCUT2D eigenvalue weighted by molar-refractivity contribution is 7.99. The molecule has 0 spiro atoms. The monoisotopic (exact) mass is 376 g/mol. The van der Waals surface area contributed by atoms with Crippen molar-refractivity contribution in [2.75, 3.05) is 0 Å². The molecule has 3 rings (SSSR count). The SMILES string of the molecule is Cc1ccc(C(Cn2ccnc2)Sc2ccc(Cl)c(Cl)c2)c(C)c1. The number of benzene rings is 2. The molecule has 124 valence electrons. The summed E-state index contributed by atoms with van der Waals surface area (Å²) in [5, 5.41) is 1.43. The average molecular weight is 377 g/mol. The van der Waals surface area contributed by atoms with Gasteiger partial charge in [0, 0.05) is 23.8 Å². The van der Waals surface area contributed by atoms with Crippen molar-refractivity contribution in [3.63, 3.8) is 0 Å². The van der Waals surface area contributed by atoms with Gasteiger partial charge in [-0.3, -0.25) is 0 Å². The summed E-state index contributed by atoms with van der Waals surface area (Å²) in [7, 11) is 0. The van der Waals surface area contributed by atoms with Gasteiger partial charge in [0.2, 0.25) is 0 Å². The number of thioether (sulfide) groups is 1. The number of hydrogen-bond donors (Lipinski definition) is 0. The molecule has 0 saturated heterocycles. The van der Waals surface area contributed by atoms with Crippen LogP contribution >= 0.6 is 35.0 Å². The normalized spacial score (nSPS) is 12.3. The summed E-state index contributed by atoms with van der Waals surface area (Å²) in [5.41, 5.74) is 3.90. The molecule has 0 amide bonds. The quantitative estimate of drug-likeness (QED) is 0.483. The van der Waals surface area contributed by atoms with E-state index in [-0.39, 0.29) is 5.25 Å². The lowest BCUT2D eigenvalue weighted by Gasteiger charge is -2.20. The number of rotatable bonds is 5. The van der Waals surface area contributed by atoms with Crippen LogP contribution in [0.1, 0.15) is 21.9 Å². The van der Waals surface area contributed by atoms with Crippen molar-refractivity contribution in [2.24, 2.45) is 0 Å². The minimum Gasteiger partial charge on any atom is -0.336 e. The third-order valence-electron chi connectivity index (χ3n) is 3.88. The summed E-state index contributed by atoms with van der Waals surface area (Å²) >= 11 is 14.0. The first-order valence-corrected chi connectivity index (χ1v) is 9.31. The standard InChI is InChI=1S/C19H18Cl2N2S/c1-13-3-5-16(14(2)9-13)19(11-23-8-7-22-12-23)24-15-4-6-17(20)18(21)10-15/h3-10,12,19H,11H2,1-2H3. The van der Waals surface area contributed by atoms with Crippen LogP contribution in [0.2, 0.25) is 10.0 Å².